The minimum Gasteiger partial charge on any atom is -0.342 e. The van der Waals surface area contributed by atoms with Gasteiger partial charge in [-0.1, -0.05) is 38.1 Å². The number of nitrogens with zero attached hydrogens (tertiary/aromatic N) is 1. The van der Waals surface area contributed by atoms with E-state index in [0.717, 1.165) is 32.4 Å². The summed E-state index contributed by atoms with van der Waals surface area (Å²) in [6, 6.07) is 8.61. The summed E-state index contributed by atoms with van der Waals surface area (Å²) >= 11 is 0. The van der Waals surface area contributed by atoms with Crippen molar-refractivity contribution in [1.29, 1.82) is 0 Å². The Labute approximate surface area is 104 Å². The van der Waals surface area contributed by atoms with Gasteiger partial charge in [0.2, 0.25) is 5.91 Å². The molecule has 0 saturated carbocycles. The molecular formula is C15H21NO. The van der Waals surface area contributed by atoms with Gasteiger partial charge in [-0.2, -0.15) is 0 Å². The molecule has 1 aliphatic heterocycles. The van der Waals surface area contributed by atoms with Crippen LogP contribution >= 0.6 is 0 Å². The van der Waals surface area contributed by atoms with Crippen molar-refractivity contribution in [2.45, 2.75) is 33.1 Å². The van der Waals surface area contributed by atoms with Gasteiger partial charge in [0.25, 0.3) is 0 Å². The molecule has 1 heterocycles. The molecule has 0 spiro atoms. The minimum absolute atomic E-state index is 0.115. The fraction of sp³-hybridized carbons (Fsp3) is 0.533. The lowest BCUT2D eigenvalue weighted by atomic mass is 9.98. The van der Waals surface area contributed by atoms with E-state index in [9.17, 15) is 4.79 Å². The van der Waals surface area contributed by atoms with Gasteiger partial charge in [-0.05, 0) is 30.4 Å². The van der Waals surface area contributed by atoms with Crippen LogP contribution in [-0.2, 0) is 17.6 Å². The molecule has 0 fully saturated rings. The quantitative estimate of drug-likeness (QED) is 0.727. The molecule has 0 aromatic heterocycles. The monoisotopic (exact) mass is 231 g/mol. The lowest BCUT2D eigenvalue weighted by Crippen LogP contribution is -2.37. The van der Waals surface area contributed by atoms with Crippen LogP contribution in [0, 0.1) is 5.92 Å². The lowest BCUT2D eigenvalue weighted by Gasteiger charge is -2.27. The van der Waals surface area contributed by atoms with Gasteiger partial charge in [-0.25, -0.2) is 0 Å². The van der Waals surface area contributed by atoms with Crippen LogP contribution in [0.5, 0.6) is 0 Å². The molecule has 1 aromatic rings. The number of carbonyl (C=O) groups is 1. The van der Waals surface area contributed by atoms with Gasteiger partial charge in [0, 0.05) is 19.0 Å². The Morgan fingerprint density at radius 1 is 1.12 bits per heavy atom. The Balaban J connectivity index is 2.09. The summed E-state index contributed by atoms with van der Waals surface area (Å²) in [5, 5.41) is 0. The van der Waals surface area contributed by atoms with Crippen molar-refractivity contribution in [2.75, 3.05) is 13.1 Å². The van der Waals surface area contributed by atoms with Crippen molar-refractivity contribution in [3.05, 3.63) is 35.4 Å². The summed E-state index contributed by atoms with van der Waals surface area (Å²) in [6.07, 6.45) is 3.17. The van der Waals surface area contributed by atoms with Gasteiger partial charge in [0.15, 0.2) is 0 Å². The van der Waals surface area contributed by atoms with Crippen LogP contribution in [0.1, 0.15) is 31.4 Å². The maximum atomic E-state index is 12.0. The van der Waals surface area contributed by atoms with E-state index >= 15 is 0 Å². The molecule has 0 unspecified atom stereocenters. The highest BCUT2D eigenvalue weighted by atomic mass is 16.2. The van der Waals surface area contributed by atoms with E-state index in [2.05, 4.69) is 24.3 Å². The number of amides is 1. The molecule has 2 rings (SSSR count). The van der Waals surface area contributed by atoms with E-state index < -0.39 is 0 Å². The van der Waals surface area contributed by atoms with Crippen molar-refractivity contribution >= 4 is 5.91 Å². The van der Waals surface area contributed by atoms with Crippen LogP contribution in [-0.4, -0.2) is 23.9 Å². The third-order valence-electron chi connectivity index (χ3n) is 3.45. The minimum atomic E-state index is 0.115. The number of hydrogen-bond acceptors (Lipinski definition) is 1. The van der Waals surface area contributed by atoms with E-state index in [-0.39, 0.29) is 5.92 Å². The van der Waals surface area contributed by atoms with E-state index in [4.69, 9.17) is 0 Å². The molecular weight excluding hydrogens is 210 g/mol. The van der Waals surface area contributed by atoms with Crippen LogP contribution < -0.4 is 0 Å². The Morgan fingerprint density at radius 2 is 1.76 bits per heavy atom. The van der Waals surface area contributed by atoms with Crippen LogP contribution in [0.3, 0.4) is 0 Å². The van der Waals surface area contributed by atoms with Crippen LogP contribution in [0.15, 0.2) is 24.3 Å². The second kappa shape index (κ2) is 5.35. The first kappa shape index (κ1) is 12.2. The molecule has 92 valence electrons. The van der Waals surface area contributed by atoms with Crippen LogP contribution in [0.4, 0.5) is 0 Å². The second-order valence-electron chi connectivity index (χ2n) is 5.10. The Bertz CT molecular complexity index is 398. The summed E-state index contributed by atoms with van der Waals surface area (Å²) in [5.41, 5.74) is 2.87. The highest BCUT2D eigenvalue weighted by Crippen LogP contribution is 2.16. The van der Waals surface area contributed by atoms with Gasteiger partial charge < -0.3 is 4.90 Å². The molecule has 17 heavy (non-hydrogen) atoms. The number of carbonyl (C=O) groups excluding carboxylic acids is 1. The molecule has 0 radical (unpaired) electrons. The molecule has 0 saturated heterocycles. The molecule has 1 aromatic carbocycles. The van der Waals surface area contributed by atoms with Gasteiger partial charge in [0.05, 0.1) is 0 Å². The smallest absolute Gasteiger partial charge is 0.225 e. The number of aryl methyl sites for hydroxylation is 1. The van der Waals surface area contributed by atoms with E-state index in [1.54, 1.807) is 0 Å². The normalized spacial score (nSPS) is 16.3. The average Bonchev–Trinajstić information content (AvgIpc) is 2.29. The Kier molecular flexibility index (Phi) is 3.82. The molecule has 0 N–H and O–H groups in total. The summed E-state index contributed by atoms with van der Waals surface area (Å²) in [4.78, 5) is 14.0. The molecule has 2 nitrogen and oxygen atoms in total. The van der Waals surface area contributed by atoms with E-state index in [1.165, 1.54) is 11.1 Å². The van der Waals surface area contributed by atoms with Gasteiger partial charge >= 0.3 is 0 Å². The third kappa shape index (κ3) is 2.87. The third-order valence-corrected chi connectivity index (χ3v) is 3.45. The first-order valence-corrected chi connectivity index (χ1v) is 6.54. The topological polar surface area (TPSA) is 20.3 Å². The molecule has 2 heteroatoms. The number of hydrogen-bond donors (Lipinski definition) is 0. The Morgan fingerprint density at radius 3 is 2.41 bits per heavy atom. The highest BCUT2D eigenvalue weighted by molar-refractivity contribution is 5.78. The zero-order valence-corrected chi connectivity index (χ0v) is 10.8. The highest BCUT2D eigenvalue weighted by Gasteiger charge is 2.18. The standard InChI is InChI=1S/C15H21NO/c1-12(2)15(17)16-10-5-8-13-6-3-4-7-14(13)9-11-16/h3-4,6-7,12H,5,8-11H2,1-2H3. The van der Waals surface area contributed by atoms with Crippen LogP contribution in [0.25, 0.3) is 0 Å². The van der Waals surface area contributed by atoms with E-state index in [0.29, 0.717) is 5.91 Å². The maximum Gasteiger partial charge on any atom is 0.225 e. The van der Waals surface area contributed by atoms with Crippen molar-refractivity contribution < 1.29 is 4.79 Å². The maximum absolute atomic E-state index is 12.0. The SMILES string of the molecule is CC(C)C(=O)N1CCCc2ccccc2CC1. The van der Waals surface area contributed by atoms with Crippen molar-refractivity contribution in [1.82, 2.24) is 4.90 Å². The number of benzene rings is 1. The summed E-state index contributed by atoms with van der Waals surface area (Å²) in [7, 11) is 0. The summed E-state index contributed by atoms with van der Waals surface area (Å²) in [5.74, 6) is 0.411. The van der Waals surface area contributed by atoms with Gasteiger partial charge in [-0.15, -0.1) is 0 Å². The van der Waals surface area contributed by atoms with E-state index in [1.807, 2.05) is 18.7 Å². The zero-order chi connectivity index (χ0) is 12.3. The van der Waals surface area contributed by atoms with Gasteiger partial charge in [0.1, 0.15) is 0 Å². The molecule has 0 atom stereocenters. The van der Waals surface area contributed by atoms with Gasteiger partial charge in [-0.3, -0.25) is 4.79 Å². The average molecular weight is 231 g/mol. The van der Waals surface area contributed by atoms with Crippen LogP contribution in [0.2, 0.25) is 0 Å². The first-order valence-electron chi connectivity index (χ1n) is 6.54. The fourth-order valence-electron chi connectivity index (χ4n) is 2.46. The summed E-state index contributed by atoms with van der Waals surface area (Å²) < 4.78 is 0. The molecule has 1 aliphatic rings. The molecule has 0 bridgehead atoms. The predicted molar refractivity (Wildman–Crippen MR) is 69.9 cm³/mol. The Hall–Kier alpha value is -1.31. The predicted octanol–water partition coefficient (Wildman–Crippen LogP) is 2.66. The van der Waals surface area contributed by atoms with Crippen molar-refractivity contribution in [3.63, 3.8) is 0 Å². The summed E-state index contributed by atoms with van der Waals surface area (Å²) in [6.45, 7) is 5.74. The zero-order valence-electron chi connectivity index (χ0n) is 10.8. The largest absolute Gasteiger partial charge is 0.342 e. The fourth-order valence-corrected chi connectivity index (χ4v) is 2.46. The number of fused-ring (bicyclic) bond motifs is 1. The van der Waals surface area contributed by atoms with Crippen molar-refractivity contribution in [2.24, 2.45) is 5.92 Å². The first-order chi connectivity index (χ1) is 8.18. The van der Waals surface area contributed by atoms with Crippen molar-refractivity contribution in [3.8, 4) is 0 Å². The second-order valence-corrected chi connectivity index (χ2v) is 5.10. The number of rotatable bonds is 1. The molecule has 1 amide bonds. The lowest BCUT2D eigenvalue weighted by molar-refractivity contribution is -0.134. The molecule has 0 aliphatic carbocycles.